The number of pyridine rings is 1. The largest absolute Gasteiger partial charge is 0.478 e. The second-order valence-electron chi connectivity index (χ2n) is 6.46. The molecule has 2 heterocycles. The SMILES string of the molecule is Cc1ccc2ncc(C(=O)O)c(NCC(N3CCOCC3)C(F)(F)F)c2c1. The number of morpholine rings is 1. The third-order valence-corrected chi connectivity index (χ3v) is 4.59. The van der Waals surface area contributed by atoms with Gasteiger partial charge in [0.2, 0.25) is 0 Å². The molecule has 0 radical (unpaired) electrons. The van der Waals surface area contributed by atoms with Crippen LogP contribution in [0, 0.1) is 6.92 Å². The number of aromatic carboxylic acids is 1. The third-order valence-electron chi connectivity index (χ3n) is 4.59. The van der Waals surface area contributed by atoms with E-state index in [-0.39, 0.29) is 37.6 Å². The lowest BCUT2D eigenvalue weighted by Gasteiger charge is -2.35. The number of nitrogens with zero attached hydrogens (tertiary/aromatic N) is 2. The lowest BCUT2D eigenvalue weighted by Crippen LogP contribution is -2.53. The molecule has 1 aliphatic heterocycles. The fourth-order valence-electron chi connectivity index (χ4n) is 3.20. The number of alkyl halides is 3. The van der Waals surface area contributed by atoms with Gasteiger partial charge in [0.05, 0.1) is 24.4 Å². The molecular formula is C18H20F3N3O3. The summed E-state index contributed by atoms with van der Waals surface area (Å²) in [4.78, 5) is 17.0. The van der Waals surface area contributed by atoms with E-state index >= 15 is 0 Å². The van der Waals surface area contributed by atoms with Crippen LogP contribution >= 0.6 is 0 Å². The first kappa shape index (κ1) is 19.4. The minimum atomic E-state index is -4.45. The average Bonchev–Trinajstić information content (AvgIpc) is 2.61. The number of fused-ring (bicyclic) bond motifs is 1. The number of hydrogen-bond acceptors (Lipinski definition) is 5. The van der Waals surface area contributed by atoms with E-state index < -0.39 is 24.7 Å². The highest BCUT2D eigenvalue weighted by molar-refractivity contribution is 6.04. The van der Waals surface area contributed by atoms with Crippen molar-refractivity contribution >= 4 is 22.6 Å². The van der Waals surface area contributed by atoms with Crippen molar-refractivity contribution < 1.29 is 27.8 Å². The molecule has 9 heteroatoms. The van der Waals surface area contributed by atoms with Crippen molar-refractivity contribution in [1.82, 2.24) is 9.88 Å². The highest BCUT2D eigenvalue weighted by Gasteiger charge is 2.43. The molecule has 1 aliphatic rings. The summed E-state index contributed by atoms with van der Waals surface area (Å²) in [6.07, 6.45) is -3.29. The van der Waals surface area contributed by atoms with Gasteiger partial charge in [0.1, 0.15) is 11.6 Å². The number of nitrogens with one attached hydrogen (secondary N) is 1. The van der Waals surface area contributed by atoms with Gasteiger partial charge in [-0.2, -0.15) is 13.2 Å². The van der Waals surface area contributed by atoms with E-state index in [1.807, 2.05) is 13.0 Å². The number of anilines is 1. The van der Waals surface area contributed by atoms with E-state index in [0.717, 1.165) is 5.56 Å². The van der Waals surface area contributed by atoms with Crippen LogP contribution in [0.15, 0.2) is 24.4 Å². The number of benzene rings is 1. The molecule has 1 saturated heterocycles. The summed E-state index contributed by atoms with van der Waals surface area (Å²) in [6.45, 7) is 2.19. The van der Waals surface area contributed by atoms with Crippen LogP contribution in [0.5, 0.6) is 0 Å². The maximum absolute atomic E-state index is 13.6. The summed E-state index contributed by atoms with van der Waals surface area (Å²) >= 11 is 0. The fourth-order valence-corrected chi connectivity index (χ4v) is 3.20. The van der Waals surface area contributed by atoms with Crippen LogP contribution in [0.3, 0.4) is 0 Å². The lowest BCUT2D eigenvalue weighted by molar-refractivity contribution is -0.187. The number of ether oxygens (including phenoxy) is 1. The van der Waals surface area contributed by atoms with Gasteiger partial charge < -0.3 is 15.2 Å². The smallest absolute Gasteiger partial charge is 0.405 e. The molecule has 146 valence electrons. The molecule has 3 rings (SSSR count). The van der Waals surface area contributed by atoms with Gasteiger partial charge >= 0.3 is 12.1 Å². The Bertz CT molecular complexity index is 836. The minimum Gasteiger partial charge on any atom is -0.478 e. The molecule has 6 nitrogen and oxygen atoms in total. The maximum Gasteiger partial charge on any atom is 0.405 e. The summed E-state index contributed by atoms with van der Waals surface area (Å²) in [7, 11) is 0. The first-order chi connectivity index (χ1) is 12.8. The molecule has 1 aromatic heterocycles. The van der Waals surface area contributed by atoms with Gasteiger partial charge in [-0.1, -0.05) is 11.6 Å². The number of aromatic nitrogens is 1. The average molecular weight is 383 g/mol. The fraction of sp³-hybridized carbons (Fsp3) is 0.444. The summed E-state index contributed by atoms with van der Waals surface area (Å²) in [5.41, 5.74) is 1.37. The topological polar surface area (TPSA) is 74.7 Å². The molecule has 1 atom stereocenters. The summed E-state index contributed by atoms with van der Waals surface area (Å²) in [6, 6.07) is 3.50. The molecule has 2 aromatic rings. The van der Waals surface area contributed by atoms with E-state index in [2.05, 4.69) is 10.3 Å². The number of hydrogen-bond donors (Lipinski definition) is 2. The number of aryl methyl sites for hydroxylation is 1. The Labute approximate surface area is 153 Å². The minimum absolute atomic E-state index is 0.152. The van der Waals surface area contributed by atoms with Gasteiger partial charge in [0.15, 0.2) is 0 Å². The molecule has 0 bridgehead atoms. The van der Waals surface area contributed by atoms with Crippen LogP contribution in [-0.4, -0.2) is 66.0 Å². The molecule has 1 aromatic carbocycles. The Morgan fingerprint density at radius 2 is 2.07 bits per heavy atom. The second kappa shape index (κ2) is 7.69. The molecular weight excluding hydrogens is 363 g/mol. The zero-order valence-corrected chi connectivity index (χ0v) is 14.7. The zero-order valence-electron chi connectivity index (χ0n) is 14.7. The number of carboxylic acids is 1. The molecule has 1 fully saturated rings. The molecule has 1 unspecified atom stereocenters. The predicted molar refractivity (Wildman–Crippen MR) is 94.2 cm³/mol. The second-order valence-corrected chi connectivity index (χ2v) is 6.46. The van der Waals surface area contributed by atoms with Gasteiger partial charge in [-0.15, -0.1) is 0 Å². The van der Waals surface area contributed by atoms with Crippen LogP contribution in [0.25, 0.3) is 10.9 Å². The van der Waals surface area contributed by atoms with Crippen molar-refractivity contribution in [2.75, 3.05) is 38.2 Å². The van der Waals surface area contributed by atoms with Crippen molar-refractivity contribution in [3.05, 3.63) is 35.5 Å². The Hall–Kier alpha value is -2.39. The van der Waals surface area contributed by atoms with Gasteiger partial charge in [-0.25, -0.2) is 4.79 Å². The van der Waals surface area contributed by atoms with Crippen molar-refractivity contribution in [3.8, 4) is 0 Å². The number of carboxylic acid groups (broad SMARTS) is 1. The summed E-state index contributed by atoms with van der Waals surface area (Å²) in [5.74, 6) is -1.25. The van der Waals surface area contributed by atoms with Crippen LogP contribution in [-0.2, 0) is 4.74 Å². The van der Waals surface area contributed by atoms with E-state index in [4.69, 9.17) is 4.74 Å². The molecule has 2 N–H and O–H groups in total. The maximum atomic E-state index is 13.6. The number of halogens is 3. The molecule has 0 aliphatic carbocycles. The Morgan fingerprint density at radius 1 is 1.37 bits per heavy atom. The molecule has 0 amide bonds. The predicted octanol–water partition coefficient (Wildman–Crippen LogP) is 2.92. The van der Waals surface area contributed by atoms with Crippen LogP contribution in [0.2, 0.25) is 0 Å². The van der Waals surface area contributed by atoms with Gasteiger partial charge in [-0.3, -0.25) is 9.88 Å². The first-order valence-corrected chi connectivity index (χ1v) is 8.52. The first-order valence-electron chi connectivity index (χ1n) is 8.52. The quantitative estimate of drug-likeness (QED) is 0.827. The van der Waals surface area contributed by atoms with E-state index in [1.165, 1.54) is 11.1 Å². The number of rotatable bonds is 5. The normalized spacial score (nSPS) is 17.0. The van der Waals surface area contributed by atoms with Crippen molar-refractivity contribution in [1.29, 1.82) is 0 Å². The van der Waals surface area contributed by atoms with Gasteiger partial charge in [0, 0.05) is 31.2 Å². The Kier molecular flexibility index (Phi) is 5.52. The third kappa shape index (κ3) is 4.30. The summed E-state index contributed by atoms with van der Waals surface area (Å²) < 4.78 is 45.9. The Balaban J connectivity index is 1.95. The van der Waals surface area contributed by atoms with Crippen LogP contribution in [0.1, 0.15) is 15.9 Å². The standard InChI is InChI=1S/C18H20F3N3O3/c1-11-2-3-14-12(8-11)16(13(9-22-14)17(25)26)23-10-15(18(19,20)21)24-4-6-27-7-5-24/h2-3,8-9,15H,4-7,10H2,1H3,(H,22,23)(H,25,26). The van der Waals surface area contributed by atoms with Crippen molar-refractivity contribution in [2.24, 2.45) is 0 Å². The van der Waals surface area contributed by atoms with Crippen molar-refractivity contribution in [2.45, 2.75) is 19.1 Å². The highest BCUT2D eigenvalue weighted by atomic mass is 19.4. The summed E-state index contributed by atoms with van der Waals surface area (Å²) in [5, 5.41) is 12.7. The van der Waals surface area contributed by atoms with Crippen molar-refractivity contribution in [3.63, 3.8) is 0 Å². The zero-order chi connectivity index (χ0) is 19.6. The van der Waals surface area contributed by atoms with E-state index in [9.17, 15) is 23.1 Å². The monoisotopic (exact) mass is 383 g/mol. The van der Waals surface area contributed by atoms with E-state index in [1.54, 1.807) is 12.1 Å². The van der Waals surface area contributed by atoms with Gasteiger partial charge in [-0.05, 0) is 19.1 Å². The molecule has 0 spiro atoms. The lowest BCUT2D eigenvalue weighted by atomic mass is 10.1. The molecule has 0 saturated carbocycles. The van der Waals surface area contributed by atoms with Crippen LogP contribution in [0.4, 0.5) is 18.9 Å². The van der Waals surface area contributed by atoms with Gasteiger partial charge in [0.25, 0.3) is 0 Å². The molecule has 27 heavy (non-hydrogen) atoms. The van der Waals surface area contributed by atoms with E-state index in [0.29, 0.717) is 10.9 Å². The highest BCUT2D eigenvalue weighted by Crippen LogP contribution is 2.30. The number of carbonyl (C=O) groups is 1. The Morgan fingerprint density at radius 3 is 2.70 bits per heavy atom. The van der Waals surface area contributed by atoms with Crippen LogP contribution < -0.4 is 5.32 Å².